The molecule has 0 heterocycles. The molecule has 4 aromatic rings. The molecule has 0 nitrogen and oxygen atoms in total. The van der Waals surface area contributed by atoms with Crippen LogP contribution in [0.4, 0.5) is 8.78 Å². The molecular weight excluding hydrogens is 486 g/mol. The molecule has 4 rings (SSSR count). The zero-order chi connectivity index (χ0) is 19.9. The second-order valence-electron chi connectivity index (χ2n) is 6.03. The van der Waals surface area contributed by atoms with Gasteiger partial charge in [0, 0.05) is 8.95 Å². The van der Waals surface area contributed by atoms with Crippen LogP contribution >= 0.6 is 31.9 Å². The molecule has 0 aromatic heterocycles. The van der Waals surface area contributed by atoms with Crippen molar-refractivity contribution < 1.29 is 8.78 Å². The van der Waals surface area contributed by atoms with Gasteiger partial charge in [0.15, 0.2) is 0 Å². The molecule has 0 spiro atoms. The van der Waals surface area contributed by atoms with Gasteiger partial charge in [-0.25, -0.2) is 8.78 Å². The second-order valence-corrected chi connectivity index (χ2v) is 7.86. The van der Waals surface area contributed by atoms with Gasteiger partial charge in [-0.3, -0.25) is 0 Å². The molecule has 0 amide bonds. The van der Waals surface area contributed by atoms with Crippen LogP contribution in [0, 0.1) is 11.6 Å². The van der Waals surface area contributed by atoms with Crippen molar-refractivity contribution in [1.82, 2.24) is 0 Å². The molecule has 0 bridgehead atoms. The summed E-state index contributed by atoms with van der Waals surface area (Å²) in [5, 5.41) is 0. The first-order valence-corrected chi connectivity index (χ1v) is 10.1. The van der Waals surface area contributed by atoms with Crippen molar-refractivity contribution in [2.75, 3.05) is 0 Å². The Labute approximate surface area is 180 Å². The molecule has 0 saturated carbocycles. The van der Waals surface area contributed by atoms with Gasteiger partial charge < -0.3 is 0 Å². The smallest absolute Gasteiger partial charge is 0.123 e. The Balaban J connectivity index is 0.000000161. The molecule has 4 aromatic carbocycles. The largest absolute Gasteiger partial charge is 0.207 e. The second kappa shape index (κ2) is 9.76. The lowest BCUT2D eigenvalue weighted by atomic mass is 10.1. The summed E-state index contributed by atoms with van der Waals surface area (Å²) in [6.07, 6.45) is 0. The number of rotatable bonds is 2. The summed E-state index contributed by atoms with van der Waals surface area (Å²) in [5.74, 6) is -0.406. The van der Waals surface area contributed by atoms with Crippen LogP contribution in [0.3, 0.4) is 0 Å². The van der Waals surface area contributed by atoms with Crippen LogP contribution in [-0.4, -0.2) is 0 Å². The maximum atomic E-state index is 12.7. The summed E-state index contributed by atoms with van der Waals surface area (Å²) >= 11 is 6.74. The van der Waals surface area contributed by atoms with Crippen molar-refractivity contribution in [3.05, 3.63) is 118 Å². The van der Waals surface area contributed by atoms with Gasteiger partial charge in [-0.1, -0.05) is 80.4 Å². The van der Waals surface area contributed by atoms with E-state index in [-0.39, 0.29) is 11.6 Å². The molecule has 28 heavy (non-hydrogen) atoms. The van der Waals surface area contributed by atoms with Crippen LogP contribution in [0.1, 0.15) is 0 Å². The van der Waals surface area contributed by atoms with Crippen LogP contribution in [0.15, 0.2) is 106 Å². The van der Waals surface area contributed by atoms with E-state index in [1.165, 1.54) is 24.3 Å². The highest BCUT2D eigenvalue weighted by Gasteiger charge is 1.98. The minimum absolute atomic E-state index is 0.203. The van der Waals surface area contributed by atoms with E-state index in [2.05, 4.69) is 31.9 Å². The van der Waals surface area contributed by atoms with E-state index >= 15 is 0 Å². The van der Waals surface area contributed by atoms with Gasteiger partial charge >= 0.3 is 0 Å². The molecular formula is C24H16Br2F2. The van der Waals surface area contributed by atoms with Crippen molar-refractivity contribution in [2.24, 2.45) is 0 Å². The summed E-state index contributed by atoms with van der Waals surface area (Å²) in [6.45, 7) is 0. The lowest BCUT2D eigenvalue weighted by molar-refractivity contribution is 0.627. The third-order valence-electron chi connectivity index (χ3n) is 4.04. The molecule has 0 aliphatic rings. The van der Waals surface area contributed by atoms with Gasteiger partial charge in [0.2, 0.25) is 0 Å². The molecule has 140 valence electrons. The minimum atomic E-state index is -0.203. The van der Waals surface area contributed by atoms with Gasteiger partial charge in [0.25, 0.3) is 0 Å². The fraction of sp³-hybridized carbons (Fsp3) is 0. The zero-order valence-corrected chi connectivity index (χ0v) is 17.9. The fourth-order valence-corrected chi connectivity index (χ4v) is 3.10. The standard InChI is InChI=1S/2C12H8BrF/c2*13-11-5-1-9(2-6-11)10-3-7-12(14)8-4-10/h2*1-8H. The van der Waals surface area contributed by atoms with Crippen LogP contribution < -0.4 is 0 Å². The lowest BCUT2D eigenvalue weighted by Crippen LogP contribution is -1.78. The van der Waals surface area contributed by atoms with Crippen molar-refractivity contribution in [2.45, 2.75) is 0 Å². The summed E-state index contributed by atoms with van der Waals surface area (Å²) in [5.41, 5.74) is 4.24. The van der Waals surface area contributed by atoms with Crippen LogP contribution in [0.2, 0.25) is 0 Å². The van der Waals surface area contributed by atoms with E-state index in [0.29, 0.717) is 0 Å². The van der Waals surface area contributed by atoms with E-state index in [4.69, 9.17) is 0 Å². The highest BCUT2D eigenvalue weighted by molar-refractivity contribution is 9.10. The van der Waals surface area contributed by atoms with E-state index < -0.39 is 0 Å². The molecule has 0 saturated heterocycles. The molecule has 0 unspecified atom stereocenters. The molecule has 0 aliphatic heterocycles. The highest BCUT2D eigenvalue weighted by atomic mass is 79.9. The monoisotopic (exact) mass is 500 g/mol. The molecule has 0 N–H and O–H groups in total. The first kappa shape index (κ1) is 20.4. The van der Waals surface area contributed by atoms with E-state index in [1.807, 2.05) is 48.5 Å². The Bertz CT molecular complexity index is 834. The van der Waals surface area contributed by atoms with Crippen LogP contribution in [0.5, 0.6) is 0 Å². The molecule has 0 aliphatic carbocycles. The predicted molar refractivity (Wildman–Crippen MR) is 119 cm³/mol. The average molecular weight is 502 g/mol. The Morgan fingerprint density at radius 1 is 0.357 bits per heavy atom. The third-order valence-corrected chi connectivity index (χ3v) is 5.10. The van der Waals surface area contributed by atoms with Crippen molar-refractivity contribution in [1.29, 1.82) is 0 Å². The van der Waals surface area contributed by atoms with Gasteiger partial charge in [0.1, 0.15) is 11.6 Å². The van der Waals surface area contributed by atoms with Gasteiger partial charge in [-0.05, 0) is 70.8 Å². The molecule has 0 radical (unpaired) electrons. The van der Waals surface area contributed by atoms with Crippen molar-refractivity contribution in [3.63, 3.8) is 0 Å². The van der Waals surface area contributed by atoms with E-state index in [0.717, 1.165) is 31.2 Å². The summed E-state index contributed by atoms with van der Waals surface area (Å²) in [6, 6.07) is 28.9. The quantitative estimate of drug-likeness (QED) is 0.258. The number of halogens is 4. The Morgan fingerprint density at radius 2 is 0.571 bits per heavy atom. The third kappa shape index (κ3) is 5.85. The molecule has 4 heteroatoms. The summed E-state index contributed by atoms with van der Waals surface area (Å²) in [4.78, 5) is 0. The predicted octanol–water partition coefficient (Wildman–Crippen LogP) is 8.51. The topological polar surface area (TPSA) is 0 Å². The summed E-state index contributed by atoms with van der Waals surface area (Å²) < 4.78 is 27.4. The maximum Gasteiger partial charge on any atom is 0.123 e. The minimum Gasteiger partial charge on any atom is -0.207 e. The molecule has 0 atom stereocenters. The number of hydrogen-bond donors (Lipinski definition) is 0. The van der Waals surface area contributed by atoms with Crippen LogP contribution in [0.25, 0.3) is 22.3 Å². The lowest BCUT2D eigenvalue weighted by Gasteiger charge is -2.00. The van der Waals surface area contributed by atoms with Crippen molar-refractivity contribution >= 4 is 31.9 Å². The highest BCUT2D eigenvalue weighted by Crippen LogP contribution is 2.22. The Morgan fingerprint density at radius 3 is 0.821 bits per heavy atom. The van der Waals surface area contributed by atoms with Gasteiger partial charge in [-0.2, -0.15) is 0 Å². The normalized spacial score (nSPS) is 10.1. The Hall–Kier alpha value is -2.30. The SMILES string of the molecule is Fc1ccc(-c2ccc(Br)cc2)cc1.Fc1ccc(-c2ccc(Br)cc2)cc1. The maximum absolute atomic E-state index is 12.7. The number of hydrogen-bond acceptors (Lipinski definition) is 0. The van der Waals surface area contributed by atoms with Crippen molar-refractivity contribution in [3.8, 4) is 22.3 Å². The van der Waals surface area contributed by atoms with Gasteiger partial charge in [0.05, 0.1) is 0 Å². The first-order valence-electron chi connectivity index (χ1n) is 8.54. The first-order chi connectivity index (χ1) is 13.5. The average Bonchev–Trinajstić information content (AvgIpc) is 2.71. The van der Waals surface area contributed by atoms with E-state index in [1.54, 1.807) is 24.3 Å². The van der Waals surface area contributed by atoms with E-state index in [9.17, 15) is 8.78 Å². The summed E-state index contributed by atoms with van der Waals surface area (Å²) in [7, 11) is 0. The van der Waals surface area contributed by atoms with Gasteiger partial charge in [-0.15, -0.1) is 0 Å². The van der Waals surface area contributed by atoms with Crippen LogP contribution in [-0.2, 0) is 0 Å². The number of benzene rings is 4. The fourth-order valence-electron chi connectivity index (χ4n) is 2.57. The zero-order valence-electron chi connectivity index (χ0n) is 14.7. The Kier molecular flexibility index (Phi) is 7.12. The molecule has 0 fully saturated rings.